The molecule has 0 bridgehead atoms. The average Bonchev–Trinajstić information content (AvgIpc) is 3.67. The topological polar surface area (TPSA) is 17.3 Å². The molecule has 0 fully saturated rings. The van der Waals surface area contributed by atoms with Crippen LogP contribution in [-0.2, 0) is 0 Å². The summed E-state index contributed by atoms with van der Waals surface area (Å²) in [6.07, 6.45) is 2.09. The van der Waals surface area contributed by atoms with Crippen molar-refractivity contribution in [3.8, 4) is 66.9 Å². The molecule has 0 radical (unpaired) electrons. The van der Waals surface area contributed by atoms with E-state index in [4.69, 9.17) is 4.98 Å². The minimum Gasteiger partial charge on any atom is -0.304 e. The predicted molar refractivity (Wildman–Crippen MR) is 201 cm³/mol. The van der Waals surface area contributed by atoms with E-state index in [0.29, 0.717) is 0 Å². The molecule has 0 atom stereocenters. The summed E-state index contributed by atoms with van der Waals surface area (Å²) in [5.74, 6) is 0. The second-order valence-electron chi connectivity index (χ2n) is 12.7. The Morgan fingerprint density at radius 3 is 1.65 bits per heavy atom. The third-order valence-corrected chi connectivity index (χ3v) is 10.1. The number of aromatic nitrogens is 2. The molecule has 1 aliphatic carbocycles. The number of benzene rings is 7. The highest BCUT2D eigenvalue weighted by atomic mass is 15.0. The van der Waals surface area contributed by atoms with Crippen LogP contribution in [0.4, 0.5) is 0 Å². The van der Waals surface area contributed by atoms with Gasteiger partial charge in [-0.2, -0.15) is 0 Å². The number of pyridine rings is 1. The number of nitrogens with zero attached hydrogens (tertiary/aromatic N) is 2. The predicted octanol–water partition coefficient (Wildman–Crippen LogP) is 12.3. The maximum Gasteiger partial charge on any atom is 0.137 e. The molecule has 2 nitrogen and oxygen atoms in total. The highest BCUT2D eigenvalue weighted by Gasteiger charge is 2.31. The SMILES string of the molecule is Cc1c(-c2cccc(-c3ccc4c5c(cccc35)-c3c-4c(-c4ccccc4)c4ccccc4c3-c3ccccc3)c2)nc2ccccn12. The molecule has 2 aromatic heterocycles. The van der Waals surface area contributed by atoms with Crippen LogP contribution >= 0.6 is 0 Å². The average molecular weight is 611 g/mol. The lowest BCUT2D eigenvalue weighted by molar-refractivity contribution is 1.11. The molecule has 2 heteroatoms. The summed E-state index contributed by atoms with van der Waals surface area (Å²) in [5, 5.41) is 5.15. The Morgan fingerprint density at radius 2 is 0.958 bits per heavy atom. The third-order valence-electron chi connectivity index (χ3n) is 10.1. The zero-order valence-corrected chi connectivity index (χ0v) is 26.5. The molecular formula is C46H30N2. The lowest BCUT2D eigenvalue weighted by Crippen LogP contribution is -1.93. The molecule has 7 aromatic carbocycles. The zero-order valence-electron chi connectivity index (χ0n) is 26.5. The Balaban J connectivity index is 1.27. The van der Waals surface area contributed by atoms with Crippen LogP contribution in [0.2, 0.25) is 0 Å². The van der Waals surface area contributed by atoms with Crippen molar-refractivity contribution in [3.63, 3.8) is 0 Å². The molecule has 1 aliphatic rings. The van der Waals surface area contributed by atoms with Gasteiger partial charge < -0.3 is 4.40 Å². The van der Waals surface area contributed by atoms with Crippen molar-refractivity contribution in [2.24, 2.45) is 0 Å². The number of hydrogen-bond donors (Lipinski definition) is 0. The minimum absolute atomic E-state index is 0.967. The molecule has 0 saturated heterocycles. The summed E-state index contributed by atoms with van der Waals surface area (Å²) >= 11 is 0. The van der Waals surface area contributed by atoms with Gasteiger partial charge in [0.1, 0.15) is 5.65 Å². The van der Waals surface area contributed by atoms with E-state index in [2.05, 4.69) is 169 Å². The molecule has 48 heavy (non-hydrogen) atoms. The molecule has 0 N–H and O–H groups in total. The first-order chi connectivity index (χ1) is 23.8. The van der Waals surface area contributed by atoms with E-state index in [1.54, 1.807) is 0 Å². The molecule has 0 saturated carbocycles. The summed E-state index contributed by atoms with van der Waals surface area (Å²) in [6.45, 7) is 2.15. The first-order valence-electron chi connectivity index (χ1n) is 16.6. The third kappa shape index (κ3) is 3.84. The second-order valence-corrected chi connectivity index (χ2v) is 12.7. The smallest absolute Gasteiger partial charge is 0.137 e. The van der Waals surface area contributed by atoms with Crippen LogP contribution in [0.5, 0.6) is 0 Å². The van der Waals surface area contributed by atoms with Gasteiger partial charge in [0.2, 0.25) is 0 Å². The zero-order chi connectivity index (χ0) is 31.8. The molecule has 0 amide bonds. The maximum atomic E-state index is 5.01. The van der Waals surface area contributed by atoms with Crippen molar-refractivity contribution in [1.29, 1.82) is 0 Å². The van der Waals surface area contributed by atoms with Crippen molar-refractivity contribution in [2.75, 3.05) is 0 Å². The Kier molecular flexibility index (Phi) is 5.82. The first-order valence-corrected chi connectivity index (χ1v) is 16.6. The highest BCUT2D eigenvalue weighted by Crippen LogP contribution is 2.58. The fraction of sp³-hybridized carbons (Fsp3) is 0.0217. The van der Waals surface area contributed by atoms with E-state index in [1.807, 2.05) is 6.07 Å². The molecule has 9 aromatic rings. The Labute approximate surface area is 279 Å². The molecular weight excluding hydrogens is 581 g/mol. The monoisotopic (exact) mass is 610 g/mol. The Morgan fingerprint density at radius 1 is 0.417 bits per heavy atom. The van der Waals surface area contributed by atoms with Crippen LogP contribution in [0.15, 0.2) is 164 Å². The van der Waals surface area contributed by atoms with Gasteiger partial charge >= 0.3 is 0 Å². The fourth-order valence-corrected chi connectivity index (χ4v) is 8.09. The van der Waals surface area contributed by atoms with Gasteiger partial charge in [-0.1, -0.05) is 140 Å². The van der Waals surface area contributed by atoms with Crippen LogP contribution < -0.4 is 0 Å². The molecule has 2 heterocycles. The van der Waals surface area contributed by atoms with Gasteiger partial charge in [-0.05, 0) is 102 Å². The van der Waals surface area contributed by atoms with Crippen molar-refractivity contribution < 1.29 is 0 Å². The maximum absolute atomic E-state index is 5.01. The number of aryl methyl sites for hydroxylation is 1. The van der Waals surface area contributed by atoms with E-state index in [0.717, 1.165) is 22.6 Å². The number of fused-ring (bicyclic) bond motifs is 5. The van der Waals surface area contributed by atoms with E-state index in [1.165, 1.54) is 77.2 Å². The van der Waals surface area contributed by atoms with E-state index in [-0.39, 0.29) is 0 Å². The number of hydrogen-bond acceptors (Lipinski definition) is 1. The minimum atomic E-state index is 0.967. The van der Waals surface area contributed by atoms with E-state index < -0.39 is 0 Å². The Hall–Kier alpha value is -6.25. The van der Waals surface area contributed by atoms with Gasteiger partial charge in [0, 0.05) is 17.5 Å². The van der Waals surface area contributed by atoms with Crippen molar-refractivity contribution in [3.05, 3.63) is 170 Å². The van der Waals surface area contributed by atoms with Crippen LogP contribution in [0.3, 0.4) is 0 Å². The Bertz CT molecular complexity index is 2630. The summed E-state index contributed by atoms with van der Waals surface area (Å²) in [7, 11) is 0. The molecule has 0 spiro atoms. The standard InChI is InChI=1S/C46H30N2/c1-29-46(47-40-24-10-11-27-48(29)40)33-19-12-18-32(28-33)34-25-26-39-43-35(34)22-13-23-38(43)44-41(30-14-4-2-5-15-30)36-20-8-9-21-37(36)42(45(39)44)31-16-6-3-7-17-31/h2-28H,1H3. The summed E-state index contributed by atoms with van der Waals surface area (Å²) in [6, 6.07) is 57.4. The van der Waals surface area contributed by atoms with Crippen molar-refractivity contribution in [2.45, 2.75) is 6.92 Å². The van der Waals surface area contributed by atoms with Gasteiger partial charge in [-0.15, -0.1) is 0 Å². The van der Waals surface area contributed by atoms with E-state index >= 15 is 0 Å². The molecule has 10 rings (SSSR count). The quantitative estimate of drug-likeness (QED) is 0.194. The van der Waals surface area contributed by atoms with Crippen molar-refractivity contribution >= 4 is 27.2 Å². The van der Waals surface area contributed by atoms with Crippen molar-refractivity contribution in [1.82, 2.24) is 9.38 Å². The normalized spacial score (nSPS) is 11.9. The lowest BCUT2D eigenvalue weighted by atomic mass is 9.82. The van der Waals surface area contributed by atoms with Gasteiger partial charge in [-0.3, -0.25) is 0 Å². The largest absolute Gasteiger partial charge is 0.304 e. The summed E-state index contributed by atoms with van der Waals surface area (Å²) in [4.78, 5) is 5.01. The van der Waals surface area contributed by atoms with Gasteiger partial charge in [0.25, 0.3) is 0 Å². The van der Waals surface area contributed by atoms with Crippen LogP contribution in [0.25, 0.3) is 94.1 Å². The first kappa shape index (κ1) is 26.9. The highest BCUT2D eigenvalue weighted by molar-refractivity contribution is 6.28. The number of imidazole rings is 1. The van der Waals surface area contributed by atoms with Crippen LogP contribution in [0, 0.1) is 6.92 Å². The summed E-state index contributed by atoms with van der Waals surface area (Å²) < 4.78 is 2.16. The van der Waals surface area contributed by atoms with E-state index in [9.17, 15) is 0 Å². The molecule has 0 unspecified atom stereocenters. The van der Waals surface area contributed by atoms with Crippen LogP contribution in [-0.4, -0.2) is 9.38 Å². The lowest BCUT2D eigenvalue weighted by Gasteiger charge is -2.20. The molecule has 0 aliphatic heterocycles. The van der Waals surface area contributed by atoms with Gasteiger partial charge in [-0.25, -0.2) is 4.98 Å². The van der Waals surface area contributed by atoms with Gasteiger partial charge in [0.05, 0.1) is 5.69 Å². The van der Waals surface area contributed by atoms with Crippen LogP contribution in [0.1, 0.15) is 5.69 Å². The summed E-state index contributed by atoms with van der Waals surface area (Å²) in [5.41, 5.74) is 17.0. The fourth-order valence-electron chi connectivity index (χ4n) is 8.09. The second kappa shape index (κ2) is 10.4. The molecule has 224 valence electrons. The number of rotatable bonds is 4. The van der Waals surface area contributed by atoms with Gasteiger partial charge in [0.15, 0.2) is 0 Å².